The molecule has 0 aliphatic carbocycles. The van der Waals surface area contributed by atoms with Crippen LogP contribution in [0.25, 0.3) is 0 Å². The first-order chi connectivity index (χ1) is 8.16. The van der Waals surface area contributed by atoms with E-state index in [4.69, 9.17) is 5.11 Å². The molecule has 0 saturated carbocycles. The normalized spacial score (nSPS) is 14.4. The fourth-order valence-corrected chi connectivity index (χ4v) is 3.10. The van der Waals surface area contributed by atoms with Gasteiger partial charge in [-0.1, -0.05) is 0 Å². The first-order valence-electron chi connectivity index (χ1n) is 5.10. The van der Waals surface area contributed by atoms with Crippen molar-refractivity contribution in [2.24, 2.45) is 0 Å². The molecular weight excluding hydrogens is 278 g/mol. The summed E-state index contributed by atoms with van der Waals surface area (Å²) in [4.78, 5) is 0.00635. The number of hydrogen-bond donors (Lipinski definition) is 2. The average molecular weight is 293 g/mol. The number of hydrogen-bond acceptors (Lipinski definition) is 5. The number of nitrogens with one attached hydrogen (secondary N) is 1. The number of aliphatic hydroxyl groups is 1. The summed E-state index contributed by atoms with van der Waals surface area (Å²) in [6.45, 7) is 1.20. The van der Waals surface area contributed by atoms with E-state index in [-0.39, 0.29) is 16.4 Å². The molecule has 0 aliphatic heterocycles. The van der Waals surface area contributed by atoms with Crippen LogP contribution < -0.4 is 4.72 Å². The first kappa shape index (κ1) is 15.1. The zero-order valence-corrected chi connectivity index (χ0v) is 11.6. The minimum atomic E-state index is -3.74. The smallest absolute Gasteiger partial charge is 0.240 e. The van der Waals surface area contributed by atoms with Crippen LogP contribution in [-0.4, -0.2) is 40.8 Å². The van der Waals surface area contributed by atoms with Gasteiger partial charge in [0.05, 0.1) is 16.4 Å². The van der Waals surface area contributed by atoms with Gasteiger partial charge in [0.2, 0.25) is 10.0 Å². The summed E-state index contributed by atoms with van der Waals surface area (Å²) in [6, 6.07) is 4.27. The predicted octanol–water partition coefficient (Wildman–Crippen LogP) is -0.251. The maximum absolute atomic E-state index is 11.8. The van der Waals surface area contributed by atoms with E-state index in [1.165, 1.54) is 31.2 Å². The van der Waals surface area contributed by atoms with Crippen LogP contribution in [0.3, 0.4) is 0 Å². The quantitative estimate of drug-likeness (QED) is 0.779. The lowest BCUT2D eigenvalue weighted by Crippen LogP contribution is -2.34. The van der Waals surface area contributed by atoms with Crippen molar-refractivity contribution in [3.8, 4) is 0 Å². The largest absolute Gasteiger partial charge is 0.395 e. The van der Waals surface area contributed by atoms with Gasteiger partial charge in [-0.2, -0.15) is 0 Å². The van der Waals surface area contributed by atoms with Gasteiger partial charge in [0, 0.05) is 12.3 Å². The topological polar surface area (TPSA) is 101 Å². The Hall–Kier alpha value is -0.960. The summed E-state index contributed by atoms with van der Waals surface area (Å²) >= 11 is 0. The summed E-state index contributed by atoms with van der Waals surface area (Å²) in [6.07, 6.45) is 1.04. The van der Waals surface area contributed by atoms with Crippen molar-refractivity contribution in [2.75, 3.05) is 12.9 Å². The SMILES string of the molecule is C[C@H](CO)NS(=O)(=O)c1ccc(S(C)(=O)=O)cc1. The number of sulfone groups is 1. The summed E-state index contributed by atoms with van der Waals surface area (Å²) in [5.74, 6) is 0. The minimum absolute atomic E-state index is 0.0461. The highest BCUT2D eigenvalue weighted by Crippen LogP contribution is 2.14. The highest BCUT2D eigenvalue weighted by atomic mass is 32.2. The molecule has 8 heteroatoms. The molecule has 0 bridgehead atoms. The van der Waals surface area contributed by atoms with Crippen molar-refractivity contribution in [3.05, 3.63) is 24.3 Å². The zero-order chi connectivity index (χ0) is 14.0. The second kappa shape index (κ2) is 5.35. The van der Waals surface area contributed by atoms with Gasteiger partial charge in [-0.15, -0.1) is 0 Å². The summed E-state index contributed by atoms with van der Waals surface area (Å²) in [5, 5.41) is 8.79. The third-order valence-electron chi connectivity index (χ3n) is 2.19. The third-order valence-corrected chi connectivity index (χ3v) is 4.93. The Morgan fingerprint density at radius 3 is 1.94 bits per heavy atom. The molecule has 0 heterocycles. The predicted molar refractivity (Wildman–Crippen MR) is 66.4 cm³/mol. The highest BCUT2D eigenvalue weighted by molar-refractivity contribution is 7.90. The van der Waals surface area contributed by atoms with Crippen LogP contribution in [0.1, 0.15) is 6.92 Å². The maximum atomic E-state index is 11.8. The Morgan fingerprint density at radius 1 is 1.11 bits per heavy atom. The molecule has 102 valence electrons. The molecule has 0 unspecified atom stereocenters. The molecule has 0 spiro atoms. The van der Waals surface area contributed by atoms with E-state index in [1.54, 1.807) is 0 Å². The van der Waals surface area contributed by atoms with Crippen LogP contribution in [0.15, 0.2) is 34.1 Å². The molecule has 0 saturated heterocycles. The molecule has 0 fully saturated rings. The van der Waals surface area contributed by atoms with Crippen molar-refractivity contribution in [2.45, 2.75) is 22.8 Å². The Labute approximate surface area is 107 Å². The molecule has 2 N–H and O–H groups in total. The van der Waals surface area contributed by atoms with Crippen molar-refractivity contribution >= 4 is 19.9 Å². The molecule has 6 nitrogen and oxygen atoms in total. The Morgan fingerprint density at radius 2 is 1.56 bits per heavy atom. The van der Waals surface area contributed by atoms with E-state index in [0.29, 0.717) is 0 Å². The molecule has 18 heavy (non-hydrogen) atoms. The van der Waals surface area contributed by atoms with Gasteiger partial charge in [0.15, 0.2) is 9.84 Å². The van der Waals surface area contributed by atoms with Crippen molar-refractivity contribution in [1.82, 2.24) is 4.72 Å². The molecule has 0 amide bonds. The molecule has 1 atom stereocenters. The lowest BCUT2D eigenvalue weighted by atomic mass is 10.4. The highest BCUT2D eigenvalue weighted by Gasteiger charge is 2.17. The summed E-state index contributed by atoms with van der Waals surface area (Å²) in [5.41, 5.74) is 0. The van der Waals surface area contributed by atoms with Gasteiger partial charge in [0.1, 0.15) is 0 Å². The van der Waals surface area contributed by atoms with Gasteiger partial charge >= 0.3 is 0 Å². The van der Waals surface area contributed by atoms with Crippen molar-refractivity contribution in [3.63, 3.8) is 0 Å². The molecule has 1 rings (SSSR count). The molecule has 0 radical (unpaired) electrons. The number of aliphatic hydroxyl groups excluding tert-OH is 1. The van der Waals surface area contributed by atoms with E-state index in [1.807, 2.05) is 0 Å². The van der Waals surface area contributed by atoms with Gasteiger partial charge < -0.3 is 5.11 Å². The van der Waals surface area contributed by atoms with E-state index < -0.39 is 25.9 Å². The molecular formula is C10H15NO5S2. The lowest BCUT2D eigenvalue weighted by molar-refractivity contribution is 0.265. The third kappa shape index (κ3) is 3.77. The summed E-state index contributed by atoms with van der Waals surface area (Å²) in [7, 11) is -7.09. The first-order valence-corrected chi connectivity index (χ1v) is 8.47. The van der Waals surface area contributed by atoms with E-state index in [2.05, 4.69) is 4.72 Å². The lowest BCUT2D eigenvalue weighted by Gasteiger charge is -2.11. The van der Waals surface area contributed by atoms with Gasteiger partial charge in [-0.25, -0.2) is 21.6 Å². The van der Waals surface area contributed by atoms with Crippen LogP contribution in [0, 0.1) is 0 Å². The van der Waals surface area contributed by atoms with Crippen molar-refractivity contribution in [1.29, 1.82) is 0 Å². The van der Waals surface area contributed by atoms with Gasteiger partial charge in [-0.05, 0) is 31.2 Å². The van der Waals surface area contributed by atoms with Crippen LogP contribution in [0.2, 0.25) is 0 Å². The number of sulfonamides is 1. The second-order valence-corrected chi connectivity index (χ2v) is 7.68. The van der Waals surface area contributed by atoms with Crippen LogP contribution in [0.5, 0.6) is 0 Å². The molecule has 0 aromatic heterocycles. The molecule has 0 aliphatic rings. The van der Waals surface area contributed by atoms with E-state index in [9.17, 15) is 16.8 Å². The Bertz CT molecular complexity index is 604. The monoisotopic (exact) mass is 293 g/mol. The van der Waals surface area contributed by atoms with Gasteiger partial charge in [0.25, 0.3) is 0 Å². The number of benzene rings is 1. The van der Waals surface area contributed by atoms with Crippen LogP contribution in [-0.2, 0) is 19.9 Å². The van der Waals surface area contributed by atoms with E-state index in [0.717, 1.165) is 6.26 Å². The van der Waals surface area contributed by atoms with Gasteiger partial charge in [-0.3, -0.25) is 0 Å². The number of rotatable bonds is 5. The van der Waals surface area contributed by atoms with Crippen LogP contribution in [0.4, 0.5) is 0 Å². The molecule has 1 aromatic rings. The molecule has 1 aromatic carbocycles. The fraction of sp³-hybridized carbons (Fsp3) is 0.400. The van der Waals surface area contributed by atoms with Crippen LogP contribution >= 0.6 is 0 Å². The zero-order valence-electron chi connectivity index (χ0n) is 9.99. The fourth-order valence-electron chi connectivity index (χ4n) is 1.24. The minimum Gasteiger partial charge on any atom is -0.395 e. The Balaban J connectivity index is 3.06. The average Bonchev–Trinajstić information content (AvgIpc) is 2.27. The van der Waals surface area contributed by atoms with Crippen molar-refractivity contribution < 1.29 is 21.9 Å². The maximum Gasteiger partial charge on any atom is 0.240 e. The Kier molecular flexibility index (Phi) is 4.49. The second-order valence-electron chi connectivity index (χ2n) is 3.95. The standard InChI is InChI=1S/C10H15NO5S2/c1-8(7-12)11-18(15,16)10-5-3-9(4-6-10)17(2,13)14/h3-6,8,11-12H,7H2,1-2H3/t8-/m1/s1. The van der Waals surface area contributed by atoms with E-state index >= 15 is 0 Å². The summed E-state index contributed by atoms with van der Waals surface area (Å²) < 4.78 is 48.3.